The number of aromatic nitrogens is 2. The monoisotopic (exact) mass is 534 g/mol. The largest absolute Gasteiger partial charge is 0.321 e. The molecule has 0 spiro atoms. The maximum Gasteiger partial charge on any atom is 0.269 e. The zero-order valence-electron chi connectivity index (χ0n) is 22.3. The van der Waals surface area contributed by atoms with Crippen LogP contribution in [-0.4, -0.2) is 40.6 Å². The van der Waals surface area contributed by atoms with Gasteiger partial charge < -0.3 is 14.8 Å². The first-order valence-corrected chi connectivity index (χ1v) is 13.9. The number of carbonyl (C=O) groups excluding carboxylic acids is 1. The van der Waals surface area contributed by atoms with Crippen molar-refractivity contribution in [3.63, 3.8) is 0 Å². The van der Waals surface area contributed by atoms with Gasteiger partial charge in [-0.25, -0.2) is 0 Å². The van der Waals surface area contributed by atoms with E-state index in [1.165, 1.54) is 11.3 Å². The van der Waals surface area contributed by atoms with Gasteiger partial charge in [0.2, 0.25) is 0 Å². The lowest BCUT2D eigenvalue weighted by Crippen LogP contribution is -2.34. The molecule has 1 N–H and O–H groups in total. The highest BCUT2D eigenvalue weighted by atomic mass is 32.1. The molecule has 1 amide bonds. The predicted octanol–water partition coefficient (Wildman–Crippen LogP) is 4.09. The van der Waals surface area contributed by atoms with E-state index in [1.54, 1.807) is 4.57 Å². The van der Waals surface area contributed by atoms with Gasteiger partial charge >= 0.3 is 0 Å². The molecule has 0 atom stereocenters. The van der Waals surface area contributed by atoms with Crippen LogP contribution in [0.15, 0.2) is 83.8 Å². The van der Waals surface area contributed by atoms with Gasteiger partial charge in [-0.15, -0.1) is 11.3 Å². The van der Waals surface area contributed by atoms with Crippen LogP contribution in [0.25, 0.3) is 28.2 Å². The maximum atomic E-state index is 13.9. The number of aryl methyl sites for hydroxylation is 1. The molecule has 3 aromatic carbocycles. The van der Waals surface area contributed by atoms with Crippen molar-refractivity contribution >= 4 is 45.5 Å². The molecule has 0 saturated heterocycles. The highest BCUT2D eigenvalue weighted by Crippen LogP contribution is 2.31. The van der Waals surface area contributed by atoms with Gasteiger partial charge in [-0.1, -0.05) is 48.0 Å². The number of hydrogen-bond acceptors (Lipinski definition) is 4. The predicted molar refractivity (Wildman–Crippen MR) is 160 cm³/mol. The van der Waals surface area contributed by atoms with Crippen LogP contribution in [0.5, 0.6) is 0 Å². The standard InChI is InChI=1S/C32H30N4O2S/c1-21-14-15-26-25(18-21)29(30(37)33-26)32-35(17-9-16-34(2)3)31(38)28(39-32)19-22-20-36(23-10-5-4-6-11-23)27-13-8-7-12-24(22)27/h4-8,10-15,18-20H,9,16-17H2,1-3H3,(H,33,37). The molecule has 5 aromatic rings. The molecule has 3 heterocycles. The lowest BCUT2D eigenvalue weighted by molar-refractivity contribution is -0.110. The number of anilines is 1. The first-order valence-electron chi connectivity index (χ1n) is 13.1. The van der Waals surface area contributed by atoms with E-state index in [0.717, 1.165) is 51.9 Å². The van der Waals surface area contributed by atoms with E-state index in [-0.39, 0.29) is 11.5 Å². The molecule has 1 aliphatic rings. The zero-order valence-corrected chi connectivity index (χ0v) is 23.1. The molecule has 0 radical (unpaired) electrons. The molecule has 0 aliphatic carbocycles. The third kappa shape index (κ3) is 4.64. The number of amides is 1. The van der Waals surface area contributed by atoms with Crippen LogP contribution in [-0.2, 0) is 11.3 Å². The normalized spacial score (nSPS) is 14.9. The Bertz CT molecular complexity index is 1890. The summed E-state index contributed by atoms with van der Waals surface area (Å²) in [6.45, 7) is 3.41. The van der Waals surface area contributed by atoms with Crippen molar-refractivity contribution in [2.24, 2.45) is 0 Å². The zero-order chi connectivity index (χ0) is 27.1. The number of rotatable bonds is 6. The van der Waals surface area contributed by atoms with Crippen LogP contribution >= 0.6 is 11.3 Å². The molecule has 0 saturated carbocycles. The van der Waals surface area contributed by atoms with Gasteiger partial charge in [0.25, 0.3) is 11.5 Å². The number of hydrogen-bond donors (Lipinski definition) is 1. The van der Waals surface area contributed by atoms with E-state index in [0.29, 0.717) is 21.3 Å². The summed E-state index contributed by atoms with van der Waals surface area (Å²) in [5.41, 5.74) is 6.34. The summed E-state index contributed by atoms with van der Waals surface area (Å²) in [4.78, 5) is 29.2. The van der Waals surface area contributed by atoms with Crippen LogP contribution in [0.3, 0.4) is 0 Å². The smallest absolute Gasteiger partial charge is 0.269 e. The SMILES string of the molecule is Cc1ccc2c(c1)C(=c1sc(=Cc3cn(-c4ccccc4)c4ccccc34)c(=O)n1CCCN(C)C)C(=O)N2. The minimum absolute atomic E-state index is 0.0632. The minimum Gasteiger partial charge on any atom is -0.321 e. The Hall–Kier alpha value is -4.20. The van der Waals surface area contributed by atoms with Crippen molar-refractivity contribution in [3.05, 3.63) is 115 Å². The average Bonchev–Trinajstić information content (AvgIpc) is 3.55. The summed E-state index contributed by atoms with van der Waals surface area (Å²) < 4.78 is 5.28. The fraction of sp³-hybridized carbons (Fsp3) is 0.188. The second kappa shape index (κ2) is 10.2. The second-order valence-electron chi connectivity index (χ2n) is 10.2. The van der Waals surface area contributed by atoms with E-state index >= 15 is 0 Å². The van der Waals surface area contributed by atoms with Gasteiger partial charge in [0, 0.05) is 40.6 Å². The summed E-state index contributed by atoms with van der Waals surface area (Å²) in [6, 6.07) is 24.4. The molecule has 196 valence electrons. The van der Waals surface area contributed by atoms with E-state index in [2.05, 4.69) is 45.2 Å². The average molecular weight is 535 g/mol. The number of nitrogens with zero attached hydrogens (tertiary/aromatic N) is 3. The number of thiazole rings is 1. The summed E-state index contributed by atoms with van der Waals surface area (Å²) in [5.74, 6) is -0.162. The first-order chi connectivity index (χ1) is 18.9. The van der Waals surface area contributed by atoms with Crippen molar-refractivity contribution < 1.29 is 4.79 Å². The Balaban J connectivity index is 1.59. The molecule has 1 aliphatic heterocycles. The number of benzene rings is 3. The Morgan fingerprint density at radius 1 is 0.974 bits per heavy atom. The maximum absolute atomic E-state index is 13.9. The van der Waals surface area contributed by atoms with Gasteiger partial charge in [0.1, 0.15) is 4.66 Å². The Morgan fingerprint density at radius 2 is 1.74 bits per heavy atom. The first kappa shape index (κ1) is 25.1. The number of carbonyl (C=O) groups is 1. The molecule has 0 bridgehead atoms. The molecular formula is C32H30N4O2S. The van der Waals surface area contributed by atoms with Gasteiger partial charge in [-0.05, 0) is 70.4 Å². The Kier molecular flexibility index (Phi) is 6.54. The van der Waals surface area contributed by atoms with Crippen molar-refractivity contribution in [2.75, 3.05) is 26.0 Å². The topological polar surface area (TPSA) is 59.3 Å². The number of fused-ring (bicyclic) bond motifs is 2. The molecule has 2 aromatic heterocycles. The summed E-state index contributed by atoms with van der Waals surface area (Å²) in [6.07, 6.45) is 4.87. The van der Waals surface area contributed by atoms with Gasteiger partial charge in [0.15, 0.2) is 0 Å². The van der Waals surface area contributed by atoms with Crippen molar-refractivity contribution in [2.45, 2.75) is 19.9 Å². The molecule has 39 heavy (non-hydrogen) atoms. The van der Waals surface area contributed by atoms with Gasteiger partial charge in [0.05, 0.1) is 15.6 Å². The fourth-order valence-electron chi connectivity index (χ4n) is 5.21. The van der Waals surface area contributed by atoms with Crippen molar-refractivity contribution in [1.29, 1.82) is 0 Å². The molecule has 0 unspecified atom stereocenters. The van der Waals surface area contributed by atoms with Crippen LogP contribution in [0.1, 0.15) is 23.1 Å². The minimum atomic E-state index is -0.162. The van der Waals surface area contributed by atoms with Crippen LogP contribution in [0.4, 0.5) is 5.69 Å². The van der Waals surface area contributed by atoms with Crippen LogP contribution < -0.4 is 20.1 Å². The van der Waals surface area contributed by atoms with Crippen LogP contribution in [0, 0.1) is 6.92 Å². The van der Waals surface area contributed by atoms with E-state index in [9.17, 15) is 9.59 Å². The van der Waals surface area contributed by atoms with Gasteiger partial charge in [-0.2, -0.15) is 0 Å². The molecule has 6 rings (SSSR count). The highest BCUT2D eigenvalue weighted by Gasteiger charge is 2.27. The fourth-order valence-corrected chi connectivity index (χ4v) is 6.39. The highest BCUT2D eigenvalue weighted by molar-refractivity contribution is 7.07. The third-order valence-corrected chi connectivity index (χ3v) is 8.22. The van der Waals surface area contributed by atoms with E-state index in [1.807, 2.05) is 75.6 Å². The Morgan fingerprint density at radius 3 is 2.54 bits per heavy atom. The van der Waals surface area contributed by atoms with Crippen molar-refractivity contribution in [1.82, 2.24) is 14.0 Å². The number of para-hydroxylation sites is 2. The summed E-state index contributed by atoms with van der Waals surface area (Å²) >= 11 is 1.40. The molecule has 6 nitrogen and oxygen atoms in total. The van der Waals surface area contributed by atoms with Crippen LogP contribution in [0.2, 0.25) is 0 Å². The second-order valence-corrected chi connectivity index (χ2v) is 11.2. The third-order valence-electron chi connectivity index (χ3n) is 7.09. The van der Waals surface area contributed by atoms with E-state index < -0.39 is 0 Å². The van der Waals surface area contributed by atoms with Crippen molar-refractivity contribution in [3.8, 4) is 5.69 Å². The number of nitrogens with one attached hydrogen (secondary N) is 1. The Labute approximate surface area is 230 Å². The molecule has 7 heteroatoms. The molecular weight excluding hydrogens is 504 g/mol. The summed E-state index contributed by atoms with van der Waals surface area (Å²) in [5, 5.41) is 4.06. The lowest BCUT2D eigenvalue weighted by Gasteiger charge is -2.09. The molecule has 0 fully saturated rings. The van der Waals surface area contributed by atoms with E-state index in [4.69, 9.17) is 0 Å². The van der Waals surface area contributed by atoms with Gasteiger partial charge in [-0.3, -0.25) is 14.2 Å². The quantitative estimate of drug-likeness (QED) is 0.357. The lowest BCUT2D eigenvalue weighted by atomic mass is 10.1. The summed E-state index contributed by atoms with van der Waals surface area (Å²) in [7, 11) is 4.05.